The molecule has 1 rings (SSSR count). The van der Waals surface area contributed by atoms with Crippen molar-refractivity contribution in [2.24, 2.45) is 5.41 Å². The standard InChI is InChI=1S/C6H11O/c1-6(2)3-5(6)4-7/h7H,3-4H2,1-2H3. The fourth-order valence-electron chi connectivity index (χ4n) is 0.759. The molecule has 0 amide bonds. The summed E-state index contributed by atoms with van der Waals surface area (Å²) in [5.74, 6) is 1.30. The molecule has 0 heterocycles. The fourth-order valence-corrected chi connectivity index (χ4v) is 0.759. The van der Waals surface area contributed by atoms with Gasteiger partial charge in [0.05, 0.1) is 0 Å². The molecule has 1 heteroatoms. The van der Waals surface area contributed by atoms with Crippen molar-refractivity contribution < 1.29 is 5.11 Å². The van der Waals surface area contributed by atoms with Crippen LogP contribution < -0.4 is 0 Å². The Morgan fingerprint density at radius 2 is 2.14 bits per heavy atom. The number of aliphatic hydroxyl groups excluding tert-OH is 1. The van der Waals surface area contributed by atoms with E-state index in [1.54, 1.807) is 0 Å². The Hall–Kier alpha value is -0.0400. The normalized spacial score (nSPS) is 27.9. The maximum Gasteiger partial charge on any atom is 0.0499 e. The molecular weight excluding hydrogens is 88.1 g/mol. The van der Waals surface area contributed by atoms with Gasteiger partial charge < -0.3 is 5.11 Å². The quantitative estimate of drug-likeness (QED) is 0.519. The molecule has 1 N–H and O–H groups in total. The summed E-state index contributed by atoms with van der Waals surface area (Å²) in [7, 11) is 0. The van der Waals surface area contributed by atoms with Crippen LogP contribution >= 0.6 is 0 Å². The highest BCUT2D eigenvalue weighted by Gasteiger charge is 2.45. The number of hydrogen-bond donors (Lipinski definition) is 1. The van der Waals surface area contributed by atoms with Crippen LogP contribution in [0.25, 0.3) is 0 Å². The van der Waals surface area contributed by atoms with Gasteiger partial charge in [-0.25, -0.2) is 0 Å². The molecule has 1 aliphatic rings. The summed E-state index contributed by atoms with van der Waals surface area (Å²) in [6, 6.07) is 0. The second kappa shape index (κ2) is 1.22. The van der Waals surface area contributed by atoms with Crippen molar-refractivity contribution in [1.82, 2.24) is 0 Å². The van der Waals surface area contributed by atoms with Crippen molar-refractivity contribution in [2.75, 3.05) is 6.61 Å². The Bertz CT molecular complexity index is 76.2. The molecule has 0 aromatic carbocycles. The fraction of sp³-hybridized carbons (Fsp3) is 0.833. The molecule has 0 bridgehead atoms. The first-order valence-corrected chi connectivity index (χ1v) is 2.63. The van der Waals surface area contributed by atoms with Crippen LogP contribution in [0.5, 0.6) is 0 Å². The molecule has 1 aliphatic carbocycles. The van der Waals surface area contributed by atoms with E-state index in [0.29, 0.717) is 12.0 Å². The molecule has 7 heavy (non-hydrogen) atoms. The minimum absolute atomic E-state index is 0.299. The Labute approximate surface area is 44.4 Å². The van der Waals surface area contributed by atoms with E-state index in [1.165, 1.54) is 5.92 Å². The van der Waals surface area contributed by atoms with Gasteiger partial charge in [-0.15, -0.1) is 0 Å². The van der Waals surface area contributed by atoms with Crippen molar-refractivity contribution in [2.45, 2.75) is 20.3 Å². The minimum Gasteiger partial charge on any atom is -0.396 e. The zero-order chi connectivity index (χ0) is 5.49. The van der Waals surface area contributed by atoms with E-state index in [1.807, 2.05) is 0 Å². The summed E-state index contributed by atoms with van der Waals surface area (Å²) in [5, 5.41) is 8.50. The van der Waals surface area contributed by atoms with Gasteiger partial charge in [0.15, 0.2) is 0 Å². The molecule has 1 nitrogen and oxygen atoms in total. The summed E-state index contributed by atoms with van der Waals surface area (Å²) in [5.41, 5.74) is 0.384. The van der Waals surface area contributed by atoms with Gasteiger partial charge in [-0.05, 0) is 11.8 Å². The van der Waals surface area contributed by atoms with Gasteiger partial charge in [0, 0.05) is 12.5 Å². The topological polar surface area (TPSA) is 20.2 Å². The van der Waals surface area contributed by atoms with E-state index in [0.717, 1.165) is 6.42 Å². The van der Waals surface area contributed by atoms with E-state index < -0.39 is 0 Å². The lowest BCUT2D eigenvalue weighted by molar-refractivity contribution is 0.314. The summed E-state index contributed by atoms with van der Waals surface area (Å²) in [6.07, 6.45) is 1.13. The highest BCUT2D eigenvalue weighted by atomic mass is 16.3. The van der Waals surface area contributed by atoms with E-state index in [2.05, 4.69) is 13.8 Å². The Morgan fingerprint density at radius 3 is 2.14 bits per heavy atom. The molecule has 41 valence electrons. The van der Waals surface area contributed by atoms with Crippen LogP contribution in [0.2, 0.25) is 0 Å². The third kappa shape index (κ3) is 0.778. The lowest BCUT2D eigenvalue weighted by atomic mass is 10.1. The van der Waals surface area contributed by atoms with Gasteiger partial charge in [0.25, 0.3) is 0 Å². The van der Waals surface area contributed by atoms with Crippen LogP contribution in [0.1, 0.15) is 20.3 Å². The average molecular weight is 99.2 g/mol. The lowest BCUT2D eigenvalue weighted by Gasteiger charge is -1.94. The van der Waals surface area contributed by atoms with Crippen molar-refractivity contribution >= 4 is 0 Å². The zero-order valence-electron chi connectivity index (χ0n) is 4.86. The third-order valence-corrected chi connectivity index (χ3v) is 1.68. The highest BCUT2D eigenvalue weighted by molar-refractivity contribution is 5.20. The molecule has 0 aromatic heterocycles. The van der Waals surface area contributed by atoms with Crippen LogP contribution in [0, 0.1) is 11.3 Å². The monoisotopic (exact) mass is 99.1 g/mol. The minimum atomic E-state index is 0.299. The molecule has 0 aliphatic heterocycles. The van der Waals surface area contributed by atoms with E-state index in [9.17, 15) is 0 Å². The van der Waals surface area contributed by atoms with E-state index in [4.69, 9.17) is 5.11 Å². The first-order chi connectivity index (χ1) is 3.17. The number of rotatable bonds is 1. The molecule has 0 aromatic rings. The second-order valence-electron chi connectivity index (χ2n) is 2.82. The van der Waals surface area contributed by atoms with Crippen LogP contribution in [0.3, 0.4) is 0 Å². The predicted octanol–water partition coefficient (Wildman–Crippen LogP) is 0.983. The van der Waals surface area contributed by atoms with Crippen molar-refractivity contribution in [3.63, 3.8) is 0 Å². The van der Waals surface area contributed by atoms with Gasteiger partial charge in [-0.2, -0.15) is 0 Å². The summed E-state index contributed by atoms with van der Waals surface area (Å²) >= 11 is 0. The average Bonchev–Trinajstić information content (AvgIpc) is 2.13. The molecule has 0 unspecified atom stereocenters. The zero-order valence-corrected chi connectivity index (χ0v) is 4.86. The van der Waals surface area contributed by atoms with Gasteiger partial charge >= 0.3 is 0 Å². The molecule has 0 atom stereocenters. The second-order valence-corrected chi connectivity index (χ2v) is 2.82. The van der Waals surface area contributed by atoms with Crippen LogP contribution in [-0.2, 0) is 0 Å². The smallest absolute Gasteiger partial charge is 0.0499 e. The molecule has 0 saturated heterocycles. The number of aliphatic hydroxyl groups is 1. The molecule has 1 radical (unpaired) electrons. The third-order valence-electron chi connectivity index (χ3n) is 1.68. The first-order valence-electron chi connectivity index (χ1n) is 2.63. The predicted molar refractivity (Wildman–Crippen MR) is 28.7 cm³/mol. The molecule has 1 saturated carbocycles. The van der Waals surface area contributed by atoms with Crippen LogP contribution in [-0.4, -0.2) is 11.7 Å². The maximum atomic E-state index is 8.50. The van der Waals surface area contributed by atoms with Crippen LogP contribution in [0.4, 0.5) is 0 Å². The van der Waals surface area contributed by atoms with Gasteiger partial charge in [-0.1, -0.05) is 13.8 Å². The summed E-state index contributed by atoms with van der Waals surface area (Å²) < 4.78 is 0. The molecule has 0 spiro atoms. The van der Waals surface area contributed by atoms with Crippen molar-refractivity contribution in [1.29, 1.82) is 0 Å². The van der Waals surface area contributed by atoms with Gasteiger partial charge in [0.1, 0.15) is 0 Å². The van der Waals surface area contributed by atoms with Crippen LogP contribution in [0.15, 0.2) is 0 Å². The largest absolute Gasteiger partial charge is 0.396 e. The number of hydrogen-bond acceptors (Lipinski definition) is 1. The van der Waals surface area contributed by atoms with E-state index >= 15 is 0 Å². The summed E-state index contributed by atoms with van der Waals surface area (Å²) in [4.78, 5) is 0. The molecular formula is C6H11O. The maximum absolute atomic E-state index is 8.50. The SMILES string of the molecule is CC1(C)C[C]1CO. The Morgan fingerprint density at radius 1 is 1.71 bits per heavy atom. The highest BCUT2D eigenvalue weighted by Crippen LogP contribution is 2.52. The summed E-state index contributed by atoms with van der Waals surface area (Å²) in [6.45, 7) is 4.60. The van der Waals surface area contributed by atoms with E-state index in [-0.39, 0.29) is 0 Å². The van der Waals surface area contributed by atoms with Gasteiger partial charge in [0.2, 0.25) is 0 Å². The first kappa shape index (κ1) is 5.10. The lowest BCUT2D eigenvalue weighted by Crippen LogP contribution is -1.91. The van der Waals surface area contributed by atoms with Crippen molar-refractivity contribution in [3.8, 4) is 0 Å². The van der Waals surface area contributed by atoms with Gasteiger partial charge in [-0.3, -0.25) is 0 Å². The Kier molecular flexibility index (Phi) is 0.890. The molecule has 1 fully saturated rings. The van der Waals surface area contributed by atoms with Crippen molar-refractivity contribution in [3.05, 3.63) is 5.92 Å². The Balaban J connectivity index is 2.30.